The predicted molar refractivity (Wildman–Crippen MR) is 91.9 cm³/mol. The number of ether oxygens (including phenoxy) is 1. The molecule has 3 aromatic rings. The average molecular weight is 398 g/mol. The van der Waals surface area contributed by atoms with Crippen molar-refractivity contribution in [1.29, 1.82) is 0 Å². The van der Waals surface area contributed by atoms with Gasteiger partial charge in [-0.3, -0.25) is 0 Å². The lowest BCUT2D eigenvalue weighted by atomic mass is 10.1. The second-order valence-corrected chi connectivity index (χ2v) is 6.42. The third kappa shape index (κ3) is 4.70. The molecule has 0 bridgehead atoms. The van der Waals surface area contributed by atoms with Crippen LogP contribution in [-0.4, -0.2) is 14.9 Å². The monoisotopic (exact) mass is 398 g/mol. The molecule has 0 aliphatic carbocycles. The second kappa shape index (κ2) is 7.87. The third-order valence-electron chi connectivity index (χ3n) is 3.55. The van der Waals surface area contributed by atoms with E-state index in [1.165, 1.54) is 28.9 Å². The number of benzene rings is 2. The zero-order chi connectivity index (χ0) is 19.4. The van der Waals surface area contributed by atoms with E-state index in [0.717, 1.165) is 23.9 Å². The van der Waals surface area contributed by atoms with Crippen molar-refractivity contribution < 1.29 is 22.3 Å². The van der Waals surface area contributed by atoms with E-state index in [1.54, 1.807) is 12.1 Å². The van der Waals surface area contributed by atoms with Gasteiger partial charge in [0.25, 0.3) is 0 Å². The van der Waals surface area contributed by atoms with Crippen molar-refractivity contribution in [3.8, 4) is 5.75 Å². The van der Waals surface area contributed by atoms with E-state index >= 15 is 0 Å². The van der Waals surface area contributed by atoms with Gasteiger partial charge < -0.3 is 10.6 Å². The molecule has 0 amide bonds. The van der Waals surface area contributed by atoms with Gasteiger partial charge in [-0.1, -0.05) is 42.1 Å². The maximum absolute atomic E-state index is 13.5. The van der Waals surface area contributed by atoms with E-state index in [-0.39, 0.29) is 23.9 Å². The molecular weight excluding hydrogens is 384 g/mol. The van der Waals surface area contributed by atoms with E-state index < -0.39 is 17.6 Å². The summed E-state index contributed by atoms with van der Waals surface area (Å²) < 4.78 is 58.3. The lowest BCUT2D eigenvalue weighted by molar-refractivity contribution is -0.137. The first kappa shape index (κ1) is 19.0. The Hall–Kier alpha value is -2.75. The smallest absolute Gasteiger partial charge is 0.416 e. The van der Waals surface area contributed by atoms with Crippen LogP contribution in [0.5, 0.6) is 5.75 Å². The van der Waals surface area contributed by atoms with E-state index in [1.807, 2.05) is 0 Å². The van der Waals surface area contributed by atoms with Crippen LogP contribution in [0.4, 0.5) is 17.6 Å². The summed E-state index contributed by atoms with van der Waals surface area (Å²) in [7, 11) is 0. The Labute approximate surface area is 156 Å². The van der Waals surface area contributed by atoms with Crippen LogP contribution in [0, 0.1) is 5.82 Å². The first-order valence-electron chi connectivity index (χ1n) is 7.70. The molecule has 10 heteroatoms. The van der Waals surface area contributed by atoms with Crippen molar-refractivity contribution in [2.75, 3.05) is 5.84 Å². The molecule has 27 heavy (non-hydrogen) atoms. The Morgan fingerprint density at radius 3 is 2.59 bits per heavy atom. The van der Waals surface area contributed by atoms with Gasteiger partial charge >= 0.3 is 6.18 Å². The summed E-state index contributed by atoms with van der Waals surface area (Å²) in [5, 5.41) is 8.07. The van der Waals surface area contributed by atoms with E-state index in [4.69, 9.17) is 10.6 Å². The molecule has 142 valence electrons. The summed E-state index contributed by atoms with van der Waals surface area (Å²) in [6, 6.07) is 10.9. The number of halogens is 4. The number of hydrogen-bond donors (Lipinski definition) is 1. The van der Waals surface area contributed by atoms with E-state index in [2.05, 4.69) is 10.2 Å². The molecule has 1 heterocycles. The minimum atomic E-state index is -4.40. The normalized spacial score (nSPS) is 11.6. The molecule has 0 unspecified atom stereocenters. The molecule has 0 saturated heterocycles. The van der Waals surface area contributed by atoms with Crippen LogP contribution < -0.4 is 10.6 Å². The van der Waals surface area contributed by atoms with Crippen molar-refractivity contribution in [3.05, 3.63) is 71.3 Å². The highest BCUT2D eigenvalue weighted by molar-refractivity contribution is 7.98. The van der Waals surface area contributed by atoms with Crippen LogP contribution in [0.2, 0.25) is 0 Å². The summed E-state index contributed by atoms with van der Waals surface area (Å²) in [6.45, 7) is -0.103. The topological polar surface area (TPSA) is 66.0 Å². The average Bonchev–Trinajstić information content (AvgIpc) is 2.99. The van der Waals surface area contributed by atoms with Crippen molar-refractivity contribution in [2.24, 2.45) is 0 Å². The lowest BCUT2D eigenvalue weighted by Gasteiger charge is -2.09. The zero-order valence-electron chi connectivity index (χ0n) is 13.8. The van der Waals surface area contributed by atoms with Gasteiger partial charge in [0.05, 0.1) is 5.56 Å². The van der Waals surface area contributed by atoms with Crippen LogP contribution in [-0.2, 0) is 18.5 Å². The van der Waals surface area contributed by atoms with Gasteiger partial charge in [-0.2, -0.15) is 13.2 Å². The highest BCUT2D eigenvalue weighted by Gasteiger charge is 2.30. The van der Waals surface area contributed by atoms with Gasteiger partial charge in [-0.05, 0) is 23.8 Å². The fraction of sp³-hybridized carbons (Fsp3) is 0.176. The molecule has 5 nitrogen and oxygen atoms in total. The largest absolute Gasteiger partial charge is 0.482 e. The first-order valence-corrected chi connectivity index (χ1v) is 8.69. The molecule has 0 radical (unpaired) electrons. The molecule has 0 aliphatic rings. The van der Waals surface area contributed by atoms with Gasteiger partial charge in [-0.25, -0.2) is 9.07 Å². The number of alkyl halides is 3. The standard InChI is InChI=1S/C17H14F4N4OS/c18-13-6-1-2-7-14(13)26-9-15-23-24-16(25(15)22)27-10-11-4-3-5-12(8-11)17(19,20)21/h1-8H,9-10,22H2. The maximum atomic E-state index is 13.5. The van der Waals surface area contributed by atoms with Crippen LogP contribution in [0.25, 0.3) is 0 Å². The van der Waals surface area contributed by atoms with Crippen LogP contribution >= 0.6 is 11.8 Å². The Morgan fingerprint density at radius 1 is 1.07 bits per heavy atom. The molecule has 2 N–H and O–H groups in total. The Morgan fingerprint density at radius 2 is 1.85 bits per heavy atom. The van der Waals surface area contributed by atoms with Gasteiger partial charge in [0.2, 0.25) is 5.16 Å². The third-order valence-corrected chi connectivity index (χ3v) is 4.57. The Balaban J connectivity index is 1.63. The van der Waals surface area contributed by atoms with Crippen molar-refractivity contribution in [1.82, 2.24) is 14.9 Å². The van der Waals surface area contributed by atoms with Crippen molar-refractivity contribution in [3.63, 3.8) is 0 Å². The summed E-state index contributed by atoms with van der Waals surface area (Å²) in [5.74, 6) is 5.91. The quantitative estimate of drug-likeness (QED) is 0.386. The summed E-state index contributed by atoms with van der Waals surface area (Å²) in [4.78, 5) is 0. The maximum Gasteiger partial charge on any atom is 0.416 e. The number of aromatic nitrogens is 3. The fourth-order valence-corrected chi connectivity index (χ4v) is 3.01. The van der Waals surface area contributed by atoms with Crippen molar-refractivity contribution >= 4 is 11.8 Å². The van der Waals surface area contributed by atoms with E-state index in [0.29, 0.717) is 10.7 Å². The SMILES string of the molecule is Nn1c(COc2ccccc2F)nnc1SCc1cccc(C(F)(F)F)c1. The summed E-state index contributed by atoms with van der Waals surface area (Å²) in [6.07, 6.45) is -4.40. The van der Waals surface area contributed by atoms with E-state index in [9.17, 15) is 17.6 Å². The molecule has 0 spiro atoms. The predicted octanol–water partition coefficient (Wildman–Crippen LogP) is 4.02. The highest BCUT2D eigenvalue weighted by atomic mass is 32.2. The lowest BCUT2D eigenvalue weighted by Crippen LogP contribution is -2.16. The van der Waals surface area contributed by atoms with Crippen LogP contribution in [0.3, 0.4) is 0 Å². The number of nitrogens with zero attached hydrogens (tertiary/aromatic N) is 3. The second-order valence-electron chi connectivity index (χ2n) is 5.47. The van der Waals surface area contributed by atoms with Crippen molar-refractivity contribution in [2.45, 2.75) is 23.7 Å². The molecule has 3 rings (SSSR count). The molecule has 1 aromatic heterocycles. The summed E-state index contributed by atoms with van der Waals surface area (Å²) >= 11 is 1.13. The molecule has 0 aliphatic heterocycles. The number of nitrogen functional groups attached to an aromatic ring is 1. The molecule has 0 fully saturated rings. The first-order chi connectivity index (χ1) is 12.8. The van der Waals surface area contributed by atoms with Gasteiger partial charge in [0, 0.05) is 5.75 Å². The molecular formula is C17H14F4N4OS. The van der Waals surface area contributed by atoms with Gasteiger partial charge in [0.15, 0.2) is 17.4 Å². The Kier molecular flexibility index (Phi) is 5.54. The zero-order valence-corrected chi connectivity index (χ0v) is 14.6. The number of hydrogen-bond acceptors (Lipinski definition) is 5. The molecule has 2 aromatic carbocycles. The molecule has 0 atom stereocenters. The number of para-hydroxylation sites is 1. The number of nitrogens with two attached hydrogens (primary N) is 1. The van der Waals surface area contributed by atoms with Crippen LogP contribution in [0.1, 0.15) is 17.0 Å². The number of thioether (sulfide) groups is 1. The summed E-state index contributed by atoms with van der Waals surface area (Å²) in [5.41, 5.74) is -0.240. The van der Waals surface area contributed by atoms with Crippen LogP contribution in [0.15, 0.2) is 53.7 Å². The Bertz CT molecular complexity index is 929. The van der Waals surface area contributed by atoms with Gasteiger partial charge in [-0.15, -0.1) is 10.2 Å². The molecule has 0 saturated carbocycles. The minimum Gasteiger partial charge on any atom is -0.482 e. The fourth-order valence-electron chi connectivity index (χ4n) is 2.19. The highest BCUT2D eigenvalue weighted by Crippen LogP contribution is 2.31. The number of rotatable bonds is 6. The van der Waals surface area contributed by atoms with Gasteiger partial charge in [0.1, 0.15) is 6.61 Å². The minimum absolute atomic E-state index is 0.0543.